The predicted octanol–water partition coefficient (Wildman–Crippen LogP) is 1.43. The minimum atomic E-state index is -0.500. The Bertz CT molecular complexity index is 311. The average Bonchev–Trinajstić information content (AvgIpc) is 2.34. The van der Waals surface area contributed by atoms with Crippen LogP contribution in [0.15, 0.2) is 24.3 Å². The average molecular weight is 239 g/mol. The molecular formula is C13H21NO3. The lowest BCUT2D eigenvalue weighted by molar-refractivity contribution is 0.104. The van der Waals surface area contributed by atoms with Gasteiger partial charge in [-0.3, -0.25) is 0 Å². The van der Waals surface area contributed by atoms with E-state index in [1.165, 1.54) is 0 Å². The minimum absolute atomic E-state index is 0.284. The minimum Gasteiger partial charge on any atom is -0.497 e. The number of benzene rings is 1. The molecule has 0 saturated heterocycles. The maximum absolute atomic E-state index is 9.65. The van der Waals surface area contributed by atoms with Crippen LogP contribution in [-0.4, -0.2) is 37.5 Å². The van der Waals surface area contributed by atoms with E-state index in [1.807, 2.05) is 38.1 Å². The third-order valence-electron chi connectivity index (χ3n) is 2.26. The molecule has 0 spiro atoms. The molecule has 0 radical (unpaired) electrons. The smallest absolute Gasteiger partial charge is 0.119 e. The molecule has 1 aromatic carbocycles. The van der Waals surface area contributed by atoms with Crippen LogP contribution in [-0.2, 0) is 0 Å². The van der Waals surface area contributed by atoms with Gasteiger partial charge >= 0.3 is 0 Å². The van der Waals surface area contributed by atoms with Crippen LogP contribution in [0, 0.1) is 0 Å². The van der Waals surface area contributed by atoms with Gasteiger partial charge in [0.15, 0.2) is 0 Å². The Hall–Kier alpha value is -1.26. The fourth-order valence-corrected chi connectivity index (χ4v) is 1.30. The van der Waals surface area contributed by atoms with Crippen molar-refractivity contribution in [1.29, 1.82) is 0 Å². The van der Waals surface area contributed by atoms with Crippen LogP contribution in [0.5, 0.6) is 11.5 Å². The van der Waals surface area contributed by atoms with Crippen LogP contribution in [0.4, 0.5) is 0 Å². The Morgan fingerprint density at radius 1 is 1.18 bits per heavy atom. The molecule has 0 unspecified atom stereocenters. The van der Waals surface area contributed by atoms with Crippen molar-refractivity contribution in [1.82, 2.24) is 5.32 Å². The molecule has 0 bridgehead atoms. The summed E-state index contributed by atoms with van der Waals surface area (Å²) in [6.45, 7) is 4.90. The van der Waals surface area contributed by atoms with Crippen molar-refractivity contribution in [2.75, 3.05) is 20.3 Å². The summed E-state index contributed by atoms with van der Waals surface area (Å²) in [4.78, 5) is 0. The molecule has 0 aromatic heterocycles. The van der Waals surface area contributed by atoms with Crippen LogP contribution < -0.4 is 14.8 Å². The molecule has 2 N–H and O–H groups in total. The van der Waals surface area contributed by atoms with Gasteiger partial charge in [-0.2, -0.15) is 0 Å². The summed E-state index contributed by atoms with van der Waals surface area (Å²) in [5, 5.41) is 12.8. The van der Waals surface area contributed by atoms with Gasteiger partial charge in [0.2, 0.25) is 0 Å². The number of aliphatic hydroxyl groups is 1. The zero-order chi connectivity index (χ0) is 12.7. The molecule has 0 fully saturated rings. The third-order valence-corrected chi connectivity index (χ3v) is 2.26. The fourth-order valence-electron chi connectivity index (χ4n) is 1.30. The summed E-state index contributed by atoms with van der Waals surface area (Å²) in [7, 11) is 1.62. The Labute approximate surface area is 103 Å². The lowest BCUT2D eigenvalue weighted by atomic mass is 10.3. The highest BCUT2D eigenvalue weighted by Gasteiger charge is 2.05. The van der Waals surface area contributed by atoms with E-state index in [4.69, 9.17) is 9.47 Å². The van der Waals surface area contributed by atoms with Crippen LogP contribution in [0.1, 0.15) is 13.8 Å². The van der Waals surface area contributed by atoms with E-state index in [9.17, 15) is 5.11 Å². The number of hydrogen-bond donors (Lipinski definition) is 2. The van der Waals surface area contributed by atoms with E-state index in [2.05, 4.69) is 5.32 Å². The van der Waals surface area contributed by atoms with Crippen molar-refractivity contribution in [2.24, 2.45) is 0 Å². The van der Waals surface area contributed by atoms with Gasteiger partial charge in [0.25, 0.3) is 0 Å². The number of methoxy groups -OCH3 is 1. The molecule has 1 atom stereocenters. The highest BCUT2D eigenvalue weighted by molar-refractivity contribution is 5.31. The maximum atomic E-state index is 9.65. The van der Waals surface area contributed by atoms with E-state index < -0.39 is 6.10 Å². The predicted molar refractivity (Wildman–Crippen MR) is 67.6 cm³/mol. The normalized spacial score (nSPS) is 12.5. The quantitative estimate of drug-likeness (QED) is 0.756. The maximum Gasteiger partial charge on any atom is 0.119 e. The number of hydrogen-bond acceptors (Lipinski definition) is 4. The van der Waals surface area contributed by atoms with E-state index in [0.717, 1.165) is 11.5 Å². The van der Waals surface area contributed by atoms with Crippen molar-refractivity contribution >= 4 is 0 Å². The second kappa shape index (κ2) is 7.14. The first-order valence-electron chi connectivity index (χ1n) is 5.80. The Morgan fingerprint density at radius 2 is 1.76 bits per heavy atom. The van der Waals surface area contributed by atoms with E-state index in [1.54, 1.807) is 7.11 Å². The Morgan fingerprint density at radius 3 is 2.29 bits per heavy atom. The summed E-state index contributed by atoms with van der Waals surface area (Å²) in [6.07, 6.45) is -0.500. The van der Waals surface area contributed by atoms with Crippen molar-refractivity contribution in [3.8, 4) is 11.5 Å². The summed E-state index contributed by atoms with van der Waals surface area (Å²) >= 11 is 0. The van der Waals surface area contributed by atoms with E-state index in [0.29, 0.717) is 12.6 Å². The Balaban J connectivity index is 2.29. The van der Waals surface area contributed by atoms with Gasteiger partial charge in [-0.05, 0) is 24.3 Å². The summed E-state index contributed by atoms with van der Waals surface area (Å²) in [5.41, 5.74) is 0. The first-order chi connectivity index (χ1) is 8.11. The highest BCUT2D eigenvalue weighted by Crippen LogP contribution is 2.16. The van der Waals surface area contributed by atoms with E-state index in [-0.39, 0.29) is 6.61 Å². The fraction of sp³-hybridized carbons (Fsp3) is 0.538. The number of ether oxygens (including phenoxy) is 2. The molecule has 0 aliphatic rings. The topological polar surface area (TPSA) is 50.7 Å². The number of nitrogens with one attached hydrogen (secondary N) is 1. The molecule has 1 rings (SSSR count). The zero-order valence-corrected chi connectivity index (χ0v) is 10.6. The van der Waals surface area contributed by atoms with Crippen LogP contribution >= 0.6 is 0 Å². The number of rotatable bonds is 7. The molecule has 0 saturated carbocycles. The van der Waals surface area contributed by atoms with Gasteiger partial charge in [0, 0.05) is 12.6 Å². The van der Waals surface area contributed by atoms with Crippen molar-refractivity contribution in [2.45, 2.75) is 26.0 Å². The van der Waals surface area contributed by atoms with Crippen molar-refractivity contribution in [3.05, 3.63) is 24.3 Å². The molecule has 17 heavy (non-hydrogen) atoms. The van der Waals surface area contributed by atoms with Crippen LogP contribution in [0.2, 0.25) is 0 Å². The van der Waals surface area contributed by atoms with Gasteiger partial charge in [-0.25, -0.2) is 0 Å². The highest BCUT2D eigenvalue weighted by atomic mass is 16.5. The van der Waals surface area contributed by atoms with E-state index >= 15 is 0 Å². The lowest BCUT2D eigenvalue weighted by Gasteiger charge is -2.15. The molecular weight excluding hydrogens is 218 g/mol. The molecule has 1 aromatic rings. The Kier molecular flexibility index (Phi) is 5.80. The van der Waals surface area contributed by atoms with Gasteiger partial charge in [0.1, 0.15) is 24.2 Å². The van der Waals surface area contributed by atoms with Gasteiger partial charge in [0.05, 0.1) is 7.11 Å². The summed E-state index contributed by atoms with van der Waals surface area (Å²) in [6, 6.07) is 7.66. The molecule has 4 heteroatoms. The SMILES string of the molecule is COc1ccc(OC[C@H](O)CNC(C)C)cc1. The molecule has 0 aliphatic heterocycles. The molecule has 0 aliphatic carbocycles. The second-order valence-corrected chi connectivity index (χ2v) is 4.20. The van der Waals surface area contributed by atoms with Crippen molar-refractivity contribution in [3.63, 3.8) is 0 Å². The first kappa shape index (κ1) is 13.8. The second-order valence-electron chi connectivity index (χ2n) is 4.20. The molecule has 4 nitrogen and oxygen atoms in total. The lowest BCUT2D eigenvalue weighted by Crippen LogP contribution is -2.35. The third kappa shape index (κ3) is 5.56. The summed E-state index contributed by atoms with van der Waals surface area (Å²) < 4.78 is 10.5. The van der Waals surface area contributed by atoms with Gasteiger partial charge in [-0.15, -0.1) is 0 Å². The van der Waals surface area contributed by atoms with Crippen LogP contribution in [0.3, 0.4) is 0 Å². The van der Waals surface area contributed by atoms with Crippen LogP contribution in [0.25, 0.3) is 0 Å². The largest absolute Gasteiger partial charge is 0.497 e. The molecule has 0 amide bonds. The van der Waals surface area contributed by atoms with Gasteiger partial charge in [-0.1, -0.05) is 13.8 Å². The summed E-state index contributed by atoms with van der Waals surface area (Å²) in [5.74, 6) is 1.52. The van der Waals surface area contributed by atoms with Gasteiger partial charge < -0.3 is 19.9 Å². The standard InChI is InChI=1S/C13H21NO3/c1-10(2)14-8-11(15)9-17-13-6-4-12(16-3)5-7-13/h4-7,10-11,14-15H,8-9H2,1-3H3/t11-/m1/s1. The monoisotopic (exact) mass is 239 g/mol. The first-order valence-corrected chi connectivity index (χ1v) is 5.80. The zero-order valence-electron chi connectivity index (χ0n) is 10.6. The van der Waals surface area contributed by atoms with Crippen molar-refractivity contribution < 1.29 is 14.6 Å². The number of aliphatic hydroxyl groups excluding tert-OH is 1. The molecule has 0 heterocycles. The molecule has 96 valence electrons.